The number of carboxylic acid groups (broad SMARTS) is 4. The third kappa shape index (κ3) is 14.5. The Morgan fingerprint density at radius 2 is 0.926 bits per heavy atom. The maximum absolute atomic E-state index is 12.8. The van der Waals surface area contributed by atoms with Crippen molar-refractivity contribution in [3.05, 3.63) is 108 Å². The van der Waals surface area contributed by atoms with Crippen LogP contribution in [0.25, 0.3) is 12.2 Å². The maximum Gasteiger partial charge on any atom is 0.323 e. The second-order valence-corrected chi connectivity index (χ2v) is 15.8. The summed E-state index contributed by atoms with van der Waals surface area (Å²) in [6.07, 6.45) is 2.76. The van der Waals surface area contributed by atoms with Crippen LogP contribution in [0.5, 0.6) is 0 Å². The van der Waals surface area contributed by atoms with E-state index in [4.69, 9.17) is 9.59 Å². The van der Waals surface area contributed by atoms with Crippen LogP contribution in [0.4, 0.5) is 58.4 Å². The van der Waals surface area contributed by atoms with Gasteiger partial charge in [0.25, 0.3) is 10.1 Å². The number of para-hydroxylation sites is 2. The quantitative estimate of drug-likeness (QED) is 0.0128. The van der Waals surface area contributed by atoms with Crippen LogP contribution in [0.1, 0.15) is 11.1 Å². The van der Waals surface area contributed by atoms with E-state index in [9.17, 15) is 52.6 Å². The topological polar surface area (TPSA) is 374 Å². The molecule has 2 aromatic heterocycles. The Balaban J connectivity index is 1.31. The molecule has 28 heteroatoms. The Bertz CT molecular complexity index is 2910. The average Bonchev–Trinajstić information content (AvgIpc) is 3.27. The fourth-order valence-corrected chi connectivity index (χ4v) is 7.09. The first-order valence-electron chi connectivity index (χ1n) is 19.2. The van der Waals surface area contributed by atoms with Gasteiger partial charge >= 0.3 is 23.9 Å². The number of hydrogen-bond acceptors (Lipinski definition) is 22. The minimum Gasteiger partial charge on any atom is -0.480 e. The van der Waals surface area contributed by atoms with Crippen molar-refractivity contribution in [1.82, 2.24) is 29.9 Å². The number of carbonyl (C=O) groups is 4. The molecule has 0 amide bonds. The van der Waals surface area contributed by atoms with E-state index in [1.54, 1.807) is 60.7 Å². The van der Waals surface area contributed by atoms with Crippen molar-refractivity contribution < 1.29 is 67.2 Å². The molecule has 0 fully saturated rings. The van der Waals surface area contributed by atoms with E-state index in [0.717, 1.165) is 15.9 Å². The first kappa shape index (κ1) is 48.9. The van der Waals surface area contributed by atoms with Crippen LogP contribution in [0.15, 0.2) is 107 Å². The highest BCUT2D eigenvalue weighted by molar-refractivity contribution is 7.94. The summed E-state index contributed by atoms with van der Waals surface area (Å²) in [7, 11) is -4.94. The molecule has 2 heterocycles. The molecule has 0 saturated carbocycles. The Morgan fingerprint density at radius 1 is 0.544 bits per heavy atom. The molecule has 0 bridgehead atoms. The second-order valence-electron chi connectivity index (χ2n) is 13.6. The molecule has 0 aliphatic rings. The average molecular weight is 973 g/mol. The summed E-state index contributed by atoms with van der Waals surface area (Å²) >= 11 is 0.520. The standard InChI is InChI=1S/C40H36N12O14S2/c53-31(54)19-51(20-32(55)56)39-47-35(41-25-7-3-1-4-8-25)45-37(49-39)43-27-15-13-23(29(17-27)67-66-65-61)11-12-24-14-16-28(18-30(24)68(62,63)64)44-38-46-36(42-26-9-5-2-6-10-26)48-40(50-38)52(21-33(57)58)22-34(59)60/h1-18,61H,19-22H2,(H,53,54)(H,55,56)(H,57,58)(H,59,60)(H,62,63,64)(H2,41,43,45,47,49)(H2,42,44,46,48,50)/b12-11+. The van der Waals surface area contributed by atoms with Gasteiger partial charge in [-0.05, 0) is 59.7 Å². The normalized spacial score (nSPS) is 11.1. The van der Waals surface area contributed by atoms with Crippen molar-refractivity contribution in [3.8, 4) is 0 Å². The van der Waals surface area contributed by atoms with Crippen molar-refractivity contribution in [3.63, 3.8) is 0 Å². The lowest BCUT2D eigenvalue weighted by molar-refractivity contribution is -0.432. The lowest BCUT2D eigenvalue weighted by atomic mass is 10.1. The maximum atomic E-state index is 12.8. The first-order valence-corrected chi connectivity index (χ1v) is 21.4. The summed E-state index contributed by atoms with van der Waals surface area (Å²) in [6.45, 7) is -3.13. The molecule has 0 radical (unpaired) electrons. The molecule has 26 nitrogen and oxygen atoms in total. The number of nitrogens with zero attached hydrogens (tertiary/aromatic N) is 8. The van der Waals surface area contributed by atoms with Gasteiger partial charge in [0.15, 0.2) is 0 Å². The Labute approximate surface area is 387 Å². The number of nitrogens with one attached hydrogen (secondary N) is 4. The molecule has 0 aliphatic heterocycles. The molecular weight excluding hydrogens is 937 g/mol. The third-order valence-corrected chi connectivity index (χ3v) is 10.2. The van der Waals surface area contributed by atoms with Crippen LogP contribution in [-0.2, 0) is 38.7 Å². The first-order chi connectivity index (χ1) is 32.5. The number of aliphatic carboxylic acids is 4. The fraction of sp³-hybridized carbons (Fsp3) is 0.100. The lowest BCUT2D eigenvalue weighted by Crippen LogP contribution is -2.36. The number of benzene rings is 4. The highest BCUT2D eigenvalue weighted by atomic mass is 32.2. The van der Waals surface area contributed by atoms with Crippen LogP contribution in [0.2, 0.25) is 0 Å². The number of anilines is 10. The van der Waals surface area contributed by atoms with Gasteiger partial charge in [-0.2, -0.15) is 38.3 Å². The van der Waals surface area contributed by atoms with Crippen LogP contribution in [-0.4, -0.2) is 119 Å². The van der Waals surface area contributed by atoms with Gasteiger partial charge in [-0.15, -0.1) is 4.33 Å². The monoisotopic (exact) mass is 972 g/mol. The van der Waals surface area contributed by atoms with Crippen LogP contribution in [0.3, 0.4) is 0 Å². The van der Waals surface area contributed by atoms with Gasteiger partial charge in [0.05, 0.1) is 12.0 Å². The van der Waals surface area contributed by atoms with E-state index in [2.05, 4.69) is 56.2 Å². The minimum atomic E-state index is -4.94. The molecule has 0 saturated heterocycles. The zero-order chi connectivity index (χ0) is 48.8. The number of aromatic nitrogens is 6. The van der Waals surface area contributed by atoms with Crippen molar-refractivity contribution in [2.45, 2.75) is 9.79 Å². The lowest BCUT2D eigenvalue weighted by Gasteiger charge is -2.20. The van der Waals surface area contributed by atoms with E-state index in [1.165, 1.54) is 42.5 Å². The molecule has 10 N–H and O–H groups in total. The van der Waals surface area contributed by atoms with Crippen LogP contribution in [0, 0.1) is 0 Å². The van der Waals surface area contributed by atoms with Gasteiger partial charge in [-0.3, -0.25) is 23.7 Å². The molecule has 0 atom stereocenters. The zero-order valence-electron chi connectivity index (χ0n) is 34.6. The number of rotatable bonds is 24. The second kappa shape index (κ2) is 22.6. The summed E-state index contributed by atoms with van der Waals surface area (Å²) in [6, 6.07) is 25.5. The summed E-state index contributed by atoms with van der Waals surface area (Å²) in [5.41, 5.74) is 1.63. The summed E-state index contributed by atoms with van der Waals surface area (Å²) in [5, 5.41) is 62.2. The molecule has 6 rings (SSSR count). The highest BCUT2D eigenvalue weighted by Crippen LogP contribution is 2.32. The van der Waals surface area contributed by atoms with E-state index < -0.39 is 65.1 Å². The summed E-state index contributed by atoms with van der Waals surface area (Å²) in [4.78, 5) is 73.4. The van der Waals surface area contributed by atoms with Gasteiger partial charge in [0.2, 0.25) is 35.7 Å². The van der Waals surface area contributed by atoms with E-state index >= 15 is 0 Å². The molecule has 0 unspecified atom stereocenters. The Hall–Kier alpha value is -8.54. The van der Waals surface area contributed by atoms with Gasteiger partial charge in [-0.25, -0.2) is 5.26 Å². The predicted octanol–water partition coefficient (Wildman–Crippen LogP) is 4.83. The Kier molecular flexibility index (Phi) is 16.2. The largest absolute Gasteiger partial charge is 0.480 e. The number of carboxylic acids is 4. The van der Waals surface area contributed by atoms with Crippen LogP contribution >= 0.6 is 12.0 Å². The number of hydrogen-bond donors (Lipinski definition) is 10. The van der Waals surface area contributed by atoms with E-state index in [1.807, 2.05) is 0 Å². The van der Waals surface area contributed by atoms with Crippen molar-refractivity contribution in [2.75, 3.05) is 57.2 Å². The van der Waals surface area contributed by atoms with Gasteiger partial charge in [0, 0.05) is 27.6 Å². The van der Waals surface area contributed by atoms with E-state index in [-0.39, 0.29) is 57.5 Å². The molecule has 4 aromatic carbocycles. The Morgan fingerprint density at radius 3 is 1.32 bits per heavy atom. The van der Waals surface area contributed by atoms with Crippen molar-refractivity contribution >= 4 is 117 Å². The van der Waals surface area contributed by atoms with Gasteiger partial charge in [0.1, 0.15) is 31.1 Å². The van der Waals surface area contributed by atoms with Gasteiger partial charge in [-0.1, -0.05) is 65.7 Å². The van der Waals surface area contributed by atoms with Crippen LogP contribution < -0.4 is 31.1 Å². The van der Waals surface area contributed by atoms with Crippen molar-refractivity contribution in [2.24, 2.45) is 0 Å². The molecule has 68 heavy (non-hydrogen) atoms. The SMILES string of the molecule is O=C(O)CN(CC(=O)O)c1nc(Nc2ccccc2)nc(Nc2ccc(/C=C/c3ccc(Nc4nc(Nc5ccccc5)nc(N(CC(=O)O)CC(=O)O)n4)cc3S(=O)(=O)O)c(SOOO)c2)n1. The molecule has 0 aliphatic carbocycles. The molecular formula is C40H36N12O14S2. The predicted molar refractivity (Wildman–Crippen MR) is 243 cm³/mol. The minimum absolute atomic E-state index is 0.0124. The molecule has 0 spiro atoms. The summed E-state index contributed by atoms with van der Waals surface area (Å²) < 4.78 is 40.5. The zero-order valence-corrected chi connectivity index (χ0v) is 36.2. The fourth-order valence-electron chi connectivity index (χ4n) is 5.87. The molecule has 352 valence electrons. The third-order valence-electron chi connectivity index (χ3n) is 8.59. The highest BCUT2D eigenvalue weighted by Gasteiger charge is 2.22. The van der Waals surface area contributed by atoms with Gasteiger partial charge < -0.3 is 51.5 Å². The van der Waals surface area contributed by atoms with Crippen molar-refractivity contribution in [1.29, 1.82) is 0 Å². The van der Waals surface area contributed by atoms with E-state index in [0.29, 0.717) is 29.0 Å². The smallest absolute Gasteiger partial charge is 0.323 e. The molecule has 6 aromatic rings. The summed E-state index contributed by atoms with van der Waals surface area (Å²) in [5.74, 6) is -6.75.